The third-order valence-electron chi connectivity index (χ3n) is 2.91. The van der Waals surface area contributed by atoms with Gasteiger partial charge in [0.1, 0.15) is 5.82 Å². The number of aryl methyl sites for hydroxylation is 1. The number of benzene rings is 1. The number of aromatic nitrogens is 1. The Hall–Kier alpha value is -2.01. The predicted molar refractivity (Wildman–Crippen MR) is 83.1 cm³/mol. The Balaban J connectivity index is 1.99. The molecule has 0 amide bonds. The van der Waals surface area contributed by atoms with Crippen LogP contribution in [0.3, 0.4) is 0 Å². The molecule has 5 heteroatoms. The van der Waals surface area contributed by atoms with Gasteiger partial charge in [0, 0.05) is 31.7 Å². The van der Waals surface area contributed by atoms with Crippen LogP contribution in [0.15, 0.2) is 42.7 Å². The van der Waals surface area contributed by atoms with Crippen LogP contribution in [0.25, 0.3) is 0 Å². The smallest absolute Gasteiger partial charge is 0.173 e. The van der Waals surface area contributed by atoms with Gasteiger partial charge < -0.3 is 10.2 Å². The van der Waals surface area contributed by atoms with Gasteiger partial charge in [-0.15, -0.1) is 0 Å². The summed E-state index contributed by atoms with van der Waals surface area (Å²) < 4.78 is 13.5. The highest BCUT2D eigenvalue weighted by atomic mass is 32.1. The highest BCUT2D eigenvalue weighted by Crippen LogP contribution is 2.14. The molecule has 0 bridgehead atoms. The molecule has 1 heterocycles. The van der Waals surface area contributed by atoms with E-state index in [2.05, 4.69) is 10.3 Å². The second-order valence-electron chi connectivity index (χ2n) is 4.61. The molecule has 0 fully saturated rings. The second-order valence-corrected chi connectivity index (χ2v) is 5.00. The Bertz CT molecular complexity index is 601. The first-order valence-corrected chi connectivity index (χ1v) is 6.64. The number of rotatable bonds is 3. The number of anilines is 1. The summed E-state index contributed by atoms with van der Waals surface area (Å²) in [5, 5.41) is 3.57. The fraction of sp³-hybridized carbons (Fsp3) is 0.200. The topological polar surface area (TPSA) is 28.2 Å². The Labute approximate surface area is 123 Å². The van der Waals surface area contributed by atoms with Crippen LogP contribution in [0.5, 0.6) is 0 Å². The molecular weight excluding hydrogens is 273 g/mol. The molecule has 0 unspecified atom stereocenters. The maximum Gasteiger partial charge on any atom is 0.173 e. The van der Waals surface area contributed by atoms with Gasteiger partial charge in [-0.05, 0) is 48.5 Å². The first kappa shape index (κ1) is 14.4. The molecule has 1 N–H and O–H groups in total. The lowest BCUT2D eigenvalue weighted by atomic mass is 10.2. The van der Waals surface area contributed by atoms with Crippen molar-refractivity contribution in [3.05, 3.63) is 59.7 Å². The number of nitrogens with one attached hydrogen (secondary N) is 1. The van der Waals surface area contributed by atoms with E-state index in [0.29, 0.717) is 22.9 Å². The Morgan fingerprint density at radius 2 is 2.20 bits per heavy atom. The Morgan fingerprint density at radius 3 is 2.85 bits per heavy atom. The fourth-order valence-electron chi connectivity index (χ4n) is 1.73. The lowest BCUT2D eigenvalue weighted by Gasteiger charge is -2.21. The molecule has 20 heavy (non-hydrogen) atoms. The van der Waals surface area contributed by atoms with Gasteiger partial charge in [0.2, 0.25) is 0 Å². The normalized spacial score (nSPS) is 10.2. The summed E-state index contributed by atoms with van der Waals surface area (Å²) in [6.07, 6.45) is 3.53. The highest BCUT2D eigenvalue weighted by Gasteiger charge is 2.07. The quantitative estimate of drug-likeness (QED) is 0.877. The molecule has 0 spiro atoms. The van der Waals surface area contributed by atoms with E-state index >= 15 is 0 Å². The monoisotopic (exact) mass is 289 g/mol. The fourth-order valence-corrected chi connectivity index (χ4v) is 1.91. The van der Waals surface area contributed by atoms with Gasteiger partial charge in [0.15, 0.2) is 5.11 Å². The lowest BCUT2D eigenvalue weighted by molar-refractivity contribution is 0.507. The van der Waals surface area contributed by atoms with E-state index in [-0.39, 0.29) is 5.82 Å². The van der Waals surface area contributed by atoms with Crippen molar-refractivity contribution >= 4 is 23.0 Å². The summed E-state index contributed by atoms with van der Waals surface area (Å²) in [6, 6.07) is 8.84. The van der Waals surface area contributed by atoms with Crippen LogP contribution >= 0.6 is 12.2 Å². The van der Waals surface area contributed by atoms with Crippen molar-refractivity contribution in [3.8, 4) is 0 Å². The predicted octanol–water partition coefficient (Wildman–Crippen LogP) is 3.36. The highest BCUT2D eigenvalue weighted by molar-refractivity contribution is 7.80. The molecule has 2 aromatic rings. The Kier molecular flexibility index (Phi) is 4.63. The van der Waals surface area contributed by atoms with Crippen molar-refractivity contribution in [1.82, 2.24) is 9.88 Å². The lowest BCUT2D eigenvalue weighted by Crippen LogP contribution is -2.30. The van der Waals surface area contributed by atoms with Crippen molar-refractivity contribution in [2.75, 3.05) is 12.4 Å². The molecule has 1 aromatic heterocycles. The number of hydrogen-bond donors (Lipinski definition) is 1. The van der Waals surface area contributed by atoms with Crippen molar-refractivity contribution in [3.63, 3.8) is 0 Å². The zero-order chi connectivity index (χ0) is 14.5. The Morgan fingerprint density at radius 1 is 1.40 bits per heavy atom. The molecule has 1 aromatic carbocycles. The molecule has 104 valence electrons. The second kappa shape index (κ2) is 6.43. The van der Waals surface area contributed by atoms with Crippen LogP contribution in [-0.2, 0) is 6.54 Å². The van der Waals surface area contributed by atoms with E-state index in [1.165, 1.54) is 6.07 Å². The average Bonchev–Trinajstić information content (AvgIpc) is 2.44. The van der Waals surface area contributed by atoms with Crippen LogP contribution in [-0.4, -0.2) is 22.0 Å². The van der Waals surface area contributed by atoms with Crippen LogP contribution in [0.2, 0.25) is 0 Å². The SMILES string of the molecule is Cc1ccc(NC(=S)N(C)Cc2cccnc2)cc1F. The first-order chi connectivity index (χ1) is 9.56. The van der Waals surface area contributed by atoms with Crippen molar-refractivity contribution in [2.24, 2.45) is 0 Å². The number of nitrogens with zero attached hydrogens (tertiary/aromatic N) is 2. The van der Waals surface area contributed by atoms with Gasteiger partial charge in [-0.25, -0.2) is 4.39 Å². The molecule has 0 saturated carbocycles. The van der Waals surface area contributed by atoms with Gasteiger partial charge in [-0.2, -0.15) is 0 Å². The largest absolute Gasteiger partial charge is 0.348 e. The van der Waals surface area contributed by atoms with Gasteiger partial charge >= 0.3 is 0 Å². The molecule has 0 saturated heterocycles. The summed E-state index contributed by atoms with van der Waals surface area (Å²) in [5.41, 5.74) is 2.33. The summed E-state index contributed by atoms with van der Waals surface area (Å²) >= 11 is 5.31. The van der Waals surface area contributed by atoms with Crippen molar-refractivity contribution < 1.29 is 4.39 Å². The van der Waals surface area contributed by atoms with E-state index in [9.17, 15) is 4.39 Å². The first-order valence-electron chi connectivity index (χ1n) is 6.23. The van der Waals surface area contributed by atoms with E-state index < -0.39 is 0 Å². The molecule has 0 atom stereocenters. The van der Waals surface area contributed by atoms with Crippen molar-refractivity contribution in [2.45, 2.75) is 13.5 Å². The summed E-state index contributed by atoms with van der Waals surface area (Å²) in [6.45, 7) is 2.37. The van der Waals surface area contributed by atoms with E-state index in [4.69, 9.17) is 12.2 Å². The van der Waals surface area contributed by atoms with Crippen LogP contribution < -0.4 is 5.32 Å². The number of hydrogen-bond acceptors (Lipinski definition) is 2. The third kappa shape index (κ3) is 3.74. The number of pyridine rings is 1. The third-order valence-corrected chi connectivity index (χ3v) is 3.33. The molecule has 3 nitrogen and oxygen atoms in total. The zero-order valence-electron chi connectivity index (χ0n) is 11.4. The number of halogens is 1. The summed E-state index contributed by atoms with van der Waals surface area (Å²) in [5.74, 6) is -0.243. The van der Waals surface area contributed by atoms with Gasteiger partial charge in [0.05, 0.1) is 0 Å². The zero-order valence-corrected chi connectivity index (χ0v) is 12.2. The minimum absolute atomic E-state index is 0.243. The number of thiocarbonyl (C=S) groups is 1. The van der Waals surface area contributed by atoms with Gasteiger partial charge in [-0.1, -0.05) is 12.1 Å². The molecule has 2 rings (SSSR count). The molecule has 0 aliphatic carbocycles. The minimum Gasteiger partial charge on any atom is -0.348 e. The minimum atomic E-state index is -0.243. The van der Waals surface area contributed by atoms with E-state index in [1.54, 1.807) is 25.4 Å². The van der Waals surface area contributed by atoms with Crippen LogP contribution in [0.4, 0.5) is 10.1 Å². The maximum absolute atomic E-state index is 13.5. The van der Waals surface area contributed by atoms with Gasteiger partial charge in [0.25, 0.3) is 0 Å². The average molecular weight is 289 g/mol. The van der Waals surface area contributed by atoms with E-state index in [1.807, 2.05) is 30.1 Å². The molecule has 0 aliphatic rings. The molecule has 0 radical (unpaired) electrons. The van der Waals surface area contributed by atoms with Gasteiger partial charge in [-0.3, -0.25) is 4.98 Å². The standard InChI is InChI=1S/C15H16FN3S/c1-11-5-6-13(8-14(11)16)18-15(20)19(2)10-12-4-3-7-17-9-12/h3-9H,10H2,1-2H3,(H,18,20). The molecule has 0 aliphatic heterocycles. The van der Waals surface area contributed by atoms with Crippen LogP contribution in [0.1, 0.15) is 11.1 Å². The summed E-state index contributed by atoms with van der Waals surface area (Å²) in [4.78, 5) is 5.94. The maximum atomic E-state index is 13.5. The van der Waals surface area contributed by atoms with Crippen molar-refractivity contribution in [1.29, 1.82) is 0 Å². The molecular formula is C15H16FN3S. The van der Waals surface area contributed by atoms with E-state index in [0.717, 1.165) is 5.56 Å². The summed E-state index contributed by atoms with van der Waals surface area (Å²) in [7, 11) is 1.88. The van der Waals surface area contributed by atoms with Crippen LogP contribution in [0, 0.1) is 12.7 Å².